The van der Waals surface area contributed by atoms with Crippen molar-refractivity contribution in [3.05, 3.63) is 266 Å². The maximum Gasteiger partial charge on any atom is 0.131 e. The topological polar surface area (TPSA) is 6.48 Å². The predicted octanol–water partition coefficient (Wildman–Crippen LogP) is 18.7. The number of rotatable bonds is 10. The first-order valence-corrected chi connectivity index (χ1v) is 23.1. The van der Waals surface area contributed by atoms with E-state index in [2.05, 4.69) is 58.3 Å². The fourth-order valence-electron chi connectivity index (χ4n) is 10.1. The van der Waals surface area contributed by atoms with Crippen molar-refractivity contribution >= 4 is 66.4 Å². The molecule has 70 heavy (non-hydrogen) atoms. The molecule has 334 valence electrons. The number of halogens is 4. The average molecular weight is 913 g/mol. The summed E-state index contributed by atoms with van der Waals surface area (Å²) >= 11 is 0. The van der Waals surface area contributed by atoms with Crippen molar-refractivity contribution in [1.82, 2.24) is 0 Å². The predicted molar refractivity (Wildman–Crippen MR) is 281 cm³/mol. The molecule has 12 rings (SSSR count). The standard InChI is InChI=1S/C64H40F4N2/c65-57-23-11-7-19-51(57)43-35-44(52-20-8-12-24-58(52)66)38-49(37-43)69(47-15-3-1-4-16-47)61-33-29-41-28-32-56-62(34-30-42-27-31-55(61)63(41)64(42)56)70(48-17-5-2-6-18-48)50-39-45(53-21-9-13-25-59(53)67)36-46(40-50)54-22-10-14-26-60(54)68/h1-40H. The van der Waals surface area contributed by atoms with E-state index in [1.54, 1.807) is 72.8 Å². The summed E-state index contributed by atoms with van der Waals surface area (Å²) in [5.41, 5.74) is 8.94. The smallest absolute Gasteiger partial charge is 0.131 e. The Balaban J connectivity index is 1.11. The molecular weight excluding hydrogens is 873 g/mol. The summed E-state index contributed by atoms with van der Waals surface area (Å²) in [4.78, 5) is 4.33. The van der Waals surface area contributed by atoms with Crippen LogP contribution in [0.1, 0.15) is 0 Å². The van der Waals surface area contributed by atoms with E-state index in [1.165, 1.54) is 24.3 Å². The maximum atomic E-state index is 15.7. The SMILES string of the molecule is Fc1ccccc1-c1cc(-c2ccccc2F)cc(N(c2ccccc2)c2ccc3ccc4c(N(c5ccccc5)c5cc(-c6ccccc6F)cc(-c6ccccc6F)c5)ccc5ccc2c3c54)c1. The minimum Gasteiger partial charge on any atom is -0.310 e. The van der Waals surface area contributed by atoms with Crippen molar-refractivity contribution in [1.29, 1.82) is 0 Å². The summed E-state index contributed by atoms with van der Waals surface area (Å²) in [6, 6.07) is 75.3. The van der Waals surface area contributed by atoms with Crippen LogP contribution in [0.25, 0.3) is 76.8 Å². The van der Waals surface area contributed by atoms with Crippen molar-refractivity contribution in [3.63, 3.8) is 0 Å². The Labute approximate surface area is 402 Å². The van der Waals surface area contributed by atoms with Crippen LogP contribution >= 0.6 is 0 Å². The molecule has 0 aromatic heterocycles. The number of benzene rings is 12. The van der Waals surface area contributed by atoms with Gasteiger partial charge in [-0.05, 0) is 141 Å². The Morgan fingerprint density at radius 1 is 0.243 bits per heavy atom. The molecule has 0 radical (unpaired) electrons. The van der Waals surface area contributed by atoms with Crippen LogP contribution in [0.5, 0.6) is 0 Å². The first-order chi connectivity index (χ1) is 34.4. The lowest BCUT2D eigenvalue weighted by molar-refractivity contribution is 0.630. The fraction of sp³-hybridized carbons (Fsp3) is 0. The molecular formula is C64H40F4N2. The molecule has 2 nitrogen and oxygen atoms in total. The van der Waals surface area contributed by atoms with Gasteiger partial charge in [0.2, 0.25) is 0 Å². The lowest BCUT2D eigenvalue weighted by atomic mass is 9.91. The largest absolute Gasteiger partial charge is 0.310 e. The molecule has 0 spiro atoms. The molecule has 0 unspecified atom stereocenters. The molecule has 0 aliphatic rings. The Kier molecular flexibility index (Phi) is 10.6. The van der Waals surface area contributed by atoms with Gasteiger partial charge in [-0.15, -0.1) is 0 Å². The van der Waals surface area contributed by atoms with Crippen LogP contribution in [0, 0.1) is 23.3 Å². The second kappa shape index (κ2) is 17.6. The fourth-order valence-corrected chi connectivity index (χ4v) is 10.1. The van der Waals surface area contributed by atoms with Crippen LogP contribution in [-0.4, -0.2) is 0 Å². The molecule has 0 saturated carbocycles. The van der Waals surface area contributed by atoms with Crippen LogP contribution in [0.3, 0.4) is 0 Å². The first kappa shape index (κ1) is 42.4. The zero-order valence-corrected chi connectivity index (χ0v) is 37.5. The molecule has 0 heterocycles. The molecule has 0 aliphatic heterocycles. The van der Waals surface area contributed by atoms with Crippen LogP contribution in [0.2, 0.25) is 0 Å². The van der Waals surface area contributed by atoms with E-state index in [-0.39, 0.29) is 23.3 Å². The molecule has 12 aromatic carbocycles. The number of hydrogen-bond donors (Lipinski definition) is 0. The summed E-state index contributed by atoms with van der Waals surface area (Å²) in [7, 11) is 0. The molecule has 0 saturated heterocycles. The van der Waals surface area contributed by atoms with Crippen molar-refractivity contribution < 1.29 is 17.6 Å². The lowest BCUT2D eigenvalue weighted by Gasteiger charge is -2.30. The summed E-state index contributed by atoms with van der Waals surface area (Å²) in [6.07, 6.45) is 0. The number of anilines is 6. The van der Waals surface area contributed by atoms with Crippen molar-refractivity contribution in [3.8, 4) is 44.5 Å². The molecule has 0 fully saturated rings. The first-order valence-electron chi connectivity index (χ1n) is 23.1. The van der Waals surface area contributed by atoms with Gasteiger partial charge in [0, 0.05) is 55.8 Å². The van der Waals surface area contributed by atoms with Gasteiger partial charge in [0.25, 0.3) is 0 Å². The highest BCUT2D eigenvalue weighted by Gasteiger charge is 2.24. The van der Waals surface area contributed by atoms with E-state index < -0.39 is 0 Å². The molecule has 12 aromatic rings. The van der Waals surface area contributed by atoms with E-state index in [0.717, 1.165) is 66.4 Å². The van der Waals surface area contributed by atoms with Gasteiger partial charge in [0.15, 0.2) is 0 Å². The van der Waals surface area contributed by atoms with Crippen LogP contribution < -0.4 is 9.80 Å². The third-order valence-electron chi connectivity index (χ3n) is 13.2. The minimum atomic E-state index is -0.379. The average Bonchev–Trinajstić information content (AvgIpc) is 3.40. The van der Waals surface area contributed by atoms with Gasteiger partial charge >= 0.3 is 0 Å². The van der Waals surface area contributed by atoms with Gasteiger partial charge in [0.1, 0.15) is 23.3 Å². The minimum absolute atomic E-state index is 0.379. The van der Waals surface area contributed by atoms with Gasteiger partial charge in [0.05, 0.1) is 11.4 Å². The van der Waals surface area contributed by atoms with Crippen LogP contribution in [-0.2, 0) is 0 Å². The third-order valence-corrected chi connectivity index (χ3v) is 13.2. The number of nitrogens with zero attached hydrogens (tertiary/aromatic N) is 2. The van der Waals surface area contributed by atoms with E-state index in [0.29, 0.717) is 44.5 Å². The summed E-state index contributed by atoms with van der Waals surface area (Å²) < 4.78 is 62.9. The third kappa shape index (κ3) is 7.47. The number of para-hydroxylation sites is 2. The normalized spacial score (nSPS) is 11.4. The quantitative estimate of drug-likeness (QED) is 0.0996. The molecule has 0 bridgehead atoms. The van der Waals surface area contributed by atoms with Crippen molar-refractivity contribution in [2.45, 2.75) is 0 Å². The lowest BCUT2D eigenvalue weighted by Crippen LogP contribution is -2.12. The van der Waals surface area contributed by atoms with Crippen molar-refractivity contribution in [2.75, 3.05) is 9.80 Å². The molecule has 0 atom stereocenters. The van der Waals surface area contributed by atoms with E-state index in [1.807, 2.05) is 97.1 Å². The Bertz CT molecular complexity index is 3530. The highest BCUT2D eigenvalue weighted by Crippen LogP contribution is 2.49. The van der Waals surface area contributed by atoms with Gasteiger partial charge in [-0.2, -0.15) is 0 Å². The van der Waals surface area contributed by atoms with Crippen LogP contribution in [0.4, 0.5) is 51.7 Å². The van der Waals surface area contributed by atoms with Gasteiger partial charge in [-0.25, -0.2) is 17.6 Å². The summed E-state index contributed by atoms with van der Waals surface area (Å²) in [5, 5.41) is 6.07. The highest BCUT2D eigenvalue weighted by atomic mass is 19.1. The van der Waals surface area contributed by atoms with E-state index >= 15 is 17.6 Å². The van der Waals surface area contributed by atoms with Crippen molar-refractivity contribution in [2.24, 2.45) is 0 Å². The van der Waals surface area contributed by atoms with E-state index in [4.69, 9.17) is 0 Å². The molecule has 0 N–H and O–H groups in total. The maximum absolute atomic E-state index is 15.7. The number of hydrogen-bond acceptors (Lipinski definition) is 2. The van der Waals surface area contributed by atoms with E-state index in [9.17, 15) is 0 Å². The Hall–Kier alpha value is -9.00. The molecule has 6 heteroatoms. The van der Waals surface area contributed by atoms with Gasteiger partial charge in [-0.3, -0.25) is 0 Å². The second-order valence-corrected chi connectivity index (χ2v) is 17.4. The summed E-state index contributed by atoms with van der Waals surface area (Å²) in [6.45, 7) is 0. The zero-order chi connectivity index (χ0) is 47.3. The zero-order valence-electron chi connectivity index (χ0n) is 37.5. The molecule has 0 amide bonds. The monoisotopic (exact) mass is 912 g/mol. The van der Waals surface area contributed by atoms with Crippen LogP contribution in [0.15, 0.2) is 243 Å². The summed E-state index contributed by atoms with van der Waals surface area (Å²) in [5.74, 6) is -1.52. The van der Waals surface area contributed by atoms with Gasteiger partial charge in [-0.1, -0.05) is 146 Å². The second-order valence-electron chi connectivity index (χ2n) is 17.4. The Morgan fingerprint density at radius 2 is 0.529 bits per heavy atom. The van der Waals surface area contributed by atoms with Gasteiger partial charge < -0.3 is 9.80 Å². The molecule has 0 aliphatic carbocycles. The Morgan fingerprint density at radius 3 is 0.843 bits per heavy atom. The highest BCUT2D eigenvalue weighted by molar-refractivity contribution is 6.28.